The van der Waals surface area contributed by atoms with E-state index in [1.54, 1.807) is 37.2 Å². The summed E-state index contributed by atoms with van der Waals surface area (Å²) in [7, 11) is 5.52. The van der Waals surface area contributed by atoms with Gasteiger partial charge in [-0.1, -0.05) is 36.4 Å². The van der Waals surface area contributed by atoms with E-state index in [1.165, 1.54) is 6.07 Å². The molecule has 0 aliphatic rings. The van der Waals surface area contributed by atoms with Crippen LogP contribution in [0.3, 0.4) is 0 Å². The molecule has 1 atom stereocenters. The quantitative estimate of drug-likeness (QED) is 0.848. The molecule has 5 heteroatoms. The Morgan fingerprint density at radius 3 is 2.29 bits per heavy atom. The first-order chi connectivity index (χ1) is 11.5. The lowest BCUT2D eigenvalue weighted by molar-refractivity contribution is -0.125. The number of nitrogens with zero attached hydrogens (tertiary/aromatic N) is 2. The lowest BCUT2D eigenvalue weighted by atomic mass is 10.0. The average Bonchev–Trinajstić information content (AvgIpc) is 2.57. The highest BCUT2D eigenvalue weighted by Gasteiger charge is 2.25. The molecular formula is C19H24FN3O. The van der Waals surface area contributed by atoms with E-state index in [9.17, 15) is 9.18 Å². The van der Waals surface area contributed by atoms with Crippen molar-refractivity contribution in [3.63, 3.8) is 0 Å². The number of rotatable bonds is 7. The summed E-state index contributed by atoms with van der Waals surface area (Å²) in [6.45, 7) is 1.16. The average molecular weight is 329 g/mol. The molecule has 0 aliphatic carbocycles. The summed E-state index contributed by atoms with van der Waals surface area (Å²) < 4.78 is 14.0. The maximum atomic E-state index is 14.0. The lowest BCUT2D eigenvalue weighted by Gasteiger charge is -2.25. The first-order valence-corrected chi connectivity index (χ1v) is 7.95. The Balaban J connectivity index is 1.96. The van der Waals surface area contributed by atoms with Crippen LogP contribution in [0.1, 0.15) is 11.6 Å². The minimum Gasteiger partial charge on any atom is -0.373 e. The third-order valence-corrected chi connectivity index (χ3v) is 3.91. The van der Waals surface area contributed by atoms with Crippen molar-refractivity contribution in [2.24, 2.45) is 0 Å². The van der Waals surface area contributed by atoms with E-state index in [1.807, 2.05) is 37.4 Å². The normalized spacial score (nSPS) is 12.0. The molecule has 1 unspecified atom stereocenters. The highest BCUT2D eigenvalue weighted by atomic mass is 19.1. The molecule has 0 aromatic heterocycles. The largest absolute Gasteiger partial charge is 0.373 e. The highest BCUT2D eigenvalue weighted by Crippen LogP contribution is 2.21. The van der Waals surface area contributed by atoms with Crippen LogP contribution in [0.25, 0.3) is 0 Å². The monoisotopic (exact) mass is 329 g/mol. The number of amides is 1. The van der Waals surface area contributed by atoms with Gasteiger partial charge >= 0.3 is 0 Å². The molecule has 2 aromatic carbocycles. The fraction of sp³-hybridized carbons (Fsp3) is 0.316. The van der Waals surface area contributed by atoms with Crippen molar-refractivity contribution in [3.05, 3.63) is 66.0 Å². The van der Waals surface area contributed by atoms with Gasteiger partial charge in [0.2, 0.25) is 5.91 Å². The van der Waals surface area contributed by atoms with Crippen molar-refractivity contribution in [2.45, 2.75) is 6.04 Å². The lowest BCUT2D eigenvalue weighted by Crippen LogP contribution is -2.40. The van der Waals surface area contributed by atoms with Crippen LogP contribution in [0.2, 0.25) is 0 Å². The van der Waals surface area contributed by atoms with Gasteiger partial charge in [-0.05, 0) is 32.3 Å². The molecule has 128 valence electrons. The van der Waals surface area contributed by atoms with Gasteiger partial charge in [-0.2, -0.15) is 0 Å². The Kier molecular flexibility index (Phi) is 6.32. The molecule has 0 spiro atoms. The number of anilines is 1. The van der Waals surface area contributed by atoms with Crippen molar-refractivity contribution < 1.29 is 9.18 Å². The second kappa shape index (κ2) is 8.45. The third kappa shape index (κ3) is 4.55. The van der Waals surface area contributed by atoms with Gasteiger partial charge in [-0.3, -0.25) is 9.69 Å². The topological polar surface area (TPSA) is 35.6 Å². The van der Waals surface area contributed by atoms with Crippen LogP contribution in [0.15, 0.2) is 54.6 Å². The Labute approximate surface area is 142 Å². The molecule has 2 rings (SSSR count). The maximum Gasteiger partial charge on any atom is 0.242 e. The number of halogens is 1. The van der Waals surface area contributed by atoms with E-state index in [0.717, 1.165) is 5.69 Å². The van der Waals surface area contributed by atoms with E-state index in [4.69, 9.17) is 0 Å². The number of carbonyl (C=O) groups is 1. The molecule has 0 radical (unpaired) electrons. The molecule has 1 N–H and O–H groups in total. The van der Waals surface area contributed by atoms with Gasteiger partial charge in [0.1, 0.15) is 11.9 Å². The summed E-state index contributed by atoms with van der Waals surface area (Å²) in [4.78, 5) is 16.3. The van der Waals surface area contributed by atoms with Gasteiger partial charge in [0, 0.05) is 31.4 Å². The molecular weight excluding hydrogens is 305 g/mol. The Hall–Kier alpha value is -2.40. The molecule has 0 aliphatic heterocycles. The van der Waals surface area contributed by atoms with E-state index >= 15 is 0 Å². The number of likely N-dealkylation sites (N-methyl/N-ethyl adjacent to an activating group) is 2. The van der Waals surface area contributed by atoms with E-state index in [2.05, 4.69) is 10.2 Å². The second-order valence-electron chi connectivity index (χ2n) is 5.94. The summed E-state index contributed by atoms with van der Waals surface area (Å²) in [5.74, 6) is -0.570. The van der Waals surface area contributed by atoms with Crippen molar-refractivity contribution >= 4 is 11.6 Å². The standard InChI is InChI=1S/C19H24FN3O/c1-22(2)18(16-11-7-8-12-17(16)20)19(24)21-13-14-23(3)15-9-5-4-6-10-15/h4-12,18H,13-14H2,1-3H3,(H,21,24). The number of hydrogen-bond donors (Lipinski definition) is 1. The minimum atomic E-state index is -0.645. The van der Waals surface area contributed by atoms with Crippen LogP contribution < -0.4 is 10.2 Å². The zero-order valence-electron chi connectivity index (χ0n) is 14.4. The number of hydrogen-bond acceptors (Lipinski definition) is 3. The second-order valence-corrected chi connectivity index (χ2v) is 5.94. The molecule has 0 fully saturated rings. The predicted octanol–water partition coefficient (Wildman–Crippen LogP) is 2.68. The van der Waals surface area contributed by atoms with Gasteiger partial charge in [0.15, 0.2) is 0 Å². The Morgan fingerprint density at radius 1 is 1.04 bits per heavy atom. The van der Waals surface area contributed by atoms with Crippen LogP contribution in [-0.2, 0) is 4.79 Å². The highest BCUT2D eigenvalue weighted by molar-refractivity contribution is 5.83. The first-order valence-electron chi connectivity index (χ1n) is 7.95. The predicted molar refractivity (Wildman–Crippen MR) is 95.5 cm³/mol. The molecule has 2 aromatic rings. The zero-order valence-corrected chi connectivity index (χ0v) is 14.4. The molecule has 0 saturated carbocycles. The molecule has 4 nitrogen and oxygen atoms in total. The number of benzene rings is 2. The zero-order chi connectivity index (χ0) is 17.5. The maximum absolute atomic E-state index is 14.0. The van der Waals surface area contributed by atoms with Gasteiger partial charge in [-0.25, -0.2) is 4.39 Å². The van der Waals surface area contributed by atoms with Crippen molar-refractivity contribution in [1.29, 1.82) is 0 Å². The molecule has 0 saturated heterocycles. The van der Waals surface area contributed by atoms with E-state index < -0.39 is 6.04 Å². The fourth-order valence-electron chi connectivity index (χ4n) is 2.61. The SMILES string of the molecule is CN(CCNC(=O)C(c1ccccc1F)N(C)C)c1ccccc1. The Bertz CT molecular complexity index is 661. The van der Waals surface area contributed by atoms with Crippen LogP contribution in [-0.4, -0.2) is 45.0 Å². The number of carbonyl (C=O) groups excluding carboxylic acids is 1. The smallest absolute Gasteiger partial charge is 0.242 e. The molecule has 24 heavy (non-hydrogen) atoms. The summed E-state index contributed by atoms with van der Waals surface area (Å²) in [5.41, 5.74) is 1.47. The summed E-state index contributed by atoms with van der Waals surface area (Å²) in [5, 5.41) is 2.90. The van der Waals surface area contributed by atoms with Crippen molar-refractivity contribution in [1.82, 2.24) is 10.2 Å². The third-order valence-electron chi connectivity index (χ3n) is 3.91. The summed E-state index contributed by atoms with van der Waals surface area (Å²) in [6.07, 6.45) is 0. The summed E-state index contributed by atoms with van der Waals surface area (Å²) >= 11 is 0. The first kappa shape index (κ1) is 17.9. The van der Waals surface area contributed by atoms with Gasteiger partial charge in [0.05, 0.1) is 0 Å². The van der Waals surface area contributed by atoms with Crippen LogP contribution in [0.5, 0.6) is 0 Å². The summed E-state index contributed by atoms with van der Waals surface area (Å²) in [6, 6.07) is 15.7. The number of nitrogens with one attached hydrogen (secondary N) is 1. The molecule has 0 bridgehead atoms. The Morgan fingerprint density at radius 2 is 1.67 bits per heavy atom. The number of para-hydroxylation sites is 1. The van der Waals surface area contributed by atoms with Crippen LogP contribution in [0, 0.1) is 5.82 Å². The van der Waals surface area contributed by atoms with Crippen molar-refractivity contribution in [3.8, 4) is 0 Å². The fourth-order valence-corrected chi connectivity index (χ4v) is 2.61. The minimum absolute atomic E-state index is 0.202. The molecule has 1 amide bonds. The van der Waals surface area contributed by atoms with Crippen LogP contribution in [0.4, 0.5) is 10.1 Å². The van der Waals surface area contributed by atoms with E-state index in [0.29, 0.717) is 18.7 Å². The van der Waals surface area contributed by atoms with E-state index in [-0.39, 0.29) is 11.7 Å². The van der Waals surface area contributed by atoms with Gasteiger partial charge in [0.25, 0.3) is 0 Å². The van der Waals surface area contributed by atoms with Gasteiger partial charge < -0.3 is 10.2 Å². The van der Waals surface area contributed by atoms with Crippen LogP contribution >= 0.6 is 0 Å². The molecule has 0 heterocycles. The van der Waals surface area contributed by atoms with Gasteiger partial charge in [-0.15, -0.1) is 0 Å². The van der Waals surface area contributed by atoms with Crippen molar-refractivity contribution in [2.75, 3.05) is 39.1 Å².